The SMILES string of the molecule is CC(=O)O[C@@]1([C@H](O)[C@@H](C)[C@@]2(O)CC=C(CO)C[C@]3(O)C(=O)C(C)=C[C@@H]23)[C@H](C)C1(C)C. The summed E-state index contributed by atoms with van der Waals surface area (Å²) in [7, 11) is 0. The van der Waals surface area contributed by atoms with Crippen molar-refractivity contribution in [1.29, 1.82) is 0 Å². The van der Waals surface area contributed by atoms with Gasteiger partial charge in [-0.25, -0.2) is 0 Å². The first-order valence-electron chi connectivity index (χ1n) is 10.5. The molecule has 0 amide bonds. The molecule has 0 bridgehead atoms. The van der Waals surface area contributed by atoms with Gasteiger partial charge in [-0.15, -0.1) is 0 Å². The van der Waals surface area contributed by atoms with Gasteiger partial charge in [-0.1, -0.05) is 39.8 Å². The summed E-state index contributed by atoms with van der Waals surface area (Å²) in [4.78, 5) is 24.6. The minimum absolute atomic E-state index is 0.0378. The van der Waals surface area contributed by atoms with Gasteiger partial charge in [0.1, 0.15) is 11.2 Å². The van der Waals surface area contributed by atoms with Gasteiger partial charge in [0.15, 0.2) is 5.78 Å². The van der Waals surface area contributed by atoms with E-state index in [1.807, 2.05) is 20.8 Å². The molecule has 3 aliphatic carbocycles. The van der Waals surface area contributed by atoms with Crippen LogP contribution in [0.4, 0.5) is 0 Å². The van der Waals surface area contributed by atoms with Crippen molar-refractivity contribution in [2.75, 3.05) is 6.61 Å². The minimum atomic E-state index is -1.89. The number of Topliss-reactive ketones (excluding diaryl/α,β-unsaturated/α-hetero) is 1. The van der Waals surface area contributed by atoms with Crippen molar-refractivity contribution in [1.82, 2.24) is 0 Å². The second-order valence-corrected chi connectivity index (χ2v) is 10.0. The number of aliphatic hydroxyl groups excluding tert-OH is 2. The Morgan fingerprint density at radius 1 is 1.33 bits per heavy atom. The van der Waals surface area contributed by atoms with Crippen LogP contribution in [0.5, 0.6) is 0 Å². The molecule has 7 nitrogen and oxygen atoms in total. The Morgan fingerprint density at radius 2 is 1.90 bits per heavy atom. The van der Waals surface area contributed by atoms with Gasteiger partial charge in [0.2, 0.25) is 0 Å². The maximum Gasteiger partial charge on any atom is 0.303 e. The molecule has 3 rings (SSSR count). The third-order valence-corrected chi connectivity index (χ3v) is 8.30. The van der Waals surface area contributed by atoms with Crippen LogP contribution >= 0.6 is 0 Å². The molecule has 0 saturated heterocycles. The Morgan fingerprint density at radius 3 is 2.37 bits per heavy atom. The predicted molar refractivity (Wildman–Crippen MR) is 109 cm³/mol. The molecule has 7 atom stereocenters. The van der Waals surface area contributed by atoms with E-state index in [1.165, 1.54) is 6.92 Å². The molecule has 1 fully saturated rings. The third kappa shape index (κ3) is 2.86. The Balaban J connectivity index is 2.07. The fraction of sp³-hybridized carbons (Fsp3) is 0.739. The van der Waals surface area contributed by atoms with Gasteiger partial charge >= 0.3 is 5.97 Å². The zero-order chi connectivity index (χ0) is 22.9. The number of hydrogen-bond donors (Lipinski definition) is 4. The molecule has 0 heterocycles. The van der Waals surface area contributed by atoms with E-state index < -0.39 is 51.9 Å². The Labute approximate surface area is 177 Å². The van der Waals surface area contributed by atoms with Gasteiger partial charge < -0.3 is 25.2 Å². The highest BCUT2D eigenvalue weighted by Crippen LogP contribution is 2.67. The Bertz CT molecular complexity index is 827. The predicted octanol–water partition coefficient (Wildman–Crippen LogP) is 1.28. The third-order valence-electron chi connectivity index (χ3n) is 8.30. The summed E-state index contributed by atoms with van der Waals surface area (Å²) < 4.78 is 5.65. The van der Waals surface area contributed by atoms with Gasteiger partial charge in [-0.3, -0.25) is 9.59 Å². The molecule has 0 radical (unpaired) electrons. The summed E-state index contributed by atoms with van der Waals surface area (Å²) in [5.41, 5.74) is -4.46. The van der Waals surface area contributed by atoms with Gasteiger partial charge in [-0.2, -0.15) is 0 Å². The fourth-order valence-electron chi connectivity index (χ4n) is 5.95. The van der Waals surface area contributed by atoms with E-state index in [-0.39, 0.29) is 25.4 Å². The van der Waals surface area contributed by atoms with Crippen molar-refractivity contribution < 1.29 is 34.8 Å². The van der Waals surface area contributed by atoms with E-state index in [4.69, 9.17) is 4.74 Å². The smallest absolute Gasteiger partial charge is 0.303 e. The lowest BCUT2D eigenvalue weighted by Crippen LogP contribution is -2.59. The van der Waals surface area contributed by atoms with Crippen LogP contribution in [0.3, 0.4) is 0 Å². The van der Waals surface area contributed by atoms with Gasteiger partial charge in [0, 0.05) is 36.5 Å². The Hall–Kier alpha value is -1.54. The molecule has 3 aliphatic rings. The quantitative estimate of drug-likeness (QED) is 0.389. The number of carbonyl (C=O) groups is 2. The molecular formula is C23H34O7. The maximum atomic E-state index is 12.8. The largest absolute Gasteiger partial charge is 0.456 e. The number of hydrogen-bond acceptors (Lipinski definition) is 7. The van der Waals surface area contributed by atoms with E-state index in [9.17, 15) is 30.0 Å². The van der Waals surface area contributed by atoms with Crippen molar-refractivity contribution in [2.24, 2.45) is 23.2 Å². The van der Waals surface area contributed by atoms with E-state index in [0.717, 1.165) is 0 Å². The number of esters is 1. The molecule has 0 aromatic heterocycles. The molecule has 168 valence electrons. The summed E-state index contributed by atoms with van der Waals surface area (Å²) in [6.07, 6.45) is 1.93. The zero-order valence-corrected chi connectivity index (χ0v) is 18.6. The summed E-state index contributed by atoms with van der Waals surface area (Å²) in [6.45, 7) is 9.88. The van der Waals surface area contributed by atoms with Crippen LogP contribution in [0.15, 0.2) is 23.3 Å². The van der Waals surface area contributed by atoms with Crippen LogP contribution in [0.2, 0.25) is 0 Å². The fourth-order valence-corrected chi connectivity index (χ4v) is 5.95. The zero-order valence-electron chi connectivity index (χ0n) is 18.6. The first kappa shape index (κ1) is 23.1. The molecular weight excluding hydrogens is 388 g/mol. The second-order valence-electron chi connectivity index (χ2n) is 10.0. The molecule has 0 spiro atoms. The summed E-state index contributed by atoms with van der Waals surface area (Å²) in [5, 5.41) is 44.3. The minimum Gasteiger partial charge on any atom is -0.456 e. The van der Waals surface area contributed by atoms with E-state index in [0.29, 0.717) is 11.1 Å². The molecule has 4 N–H and O–H groups in total. The van der Waals surface area contributed by atoms with E-state index in [1.54, 1.807) is 26.0 Å². The lowest BCUT2D eigenvalue weighted by atomic mass is 9.66. The van der Waals surface area contributed by atoms with Crippen molar-refractivity contribution >= 4 is 11.8 Å². The topological polar surface area (TPSA) is 124 Å². The highest BCUT2D eigenvalue weighted by Gasteiger charge is 2.77. The summed E-state index contributed by atoms with van der Waals surface area (Å²) in [6, 6.07) is 0. The number of ether oxygens (including phenoxy) is 1. The number of aliphatic hydroxyl groups is 4. The average Bonchev–Trinajstić information content (AvgIpc) is 3.03. The van der Waals surface area contributed by atoms with Gasteiger partial charge in [-0.05, 0) is 24.5 Å². The lowest BCUT2D eigenvalue weighted by Gasteiger charge is -2.46. The van der Waals surface area contributed by atoms with Gasteiger partial charge in [0.05, 0.1) is 18.3 Å². The Kier molecular flexibility index (Phi) is 5.39. The van der Waals surface area contributed by atoms with Crippen molar-refractivity contribution in [3.63, 3.8) is 0 Å². The van der Waals surface area contributed by atoms with Crippen LogP contribution in [0.25, 0.3) is 0 Å². The van der Waals surface area contributed by atoms with E-state index in [2.05, 4.69) is 0 Å². The number of fused-ring (bicyclic) bond motifs is 1. The highest BCUT2D eigenvalue weighted by molar-refractivity contribution is 6.04. The van der Waals surface area contributed by atoms with Crippen molar-refractivity contribution in [3.8, 4) is 0 Å². The van der Waals surface area contributed by atoms with Crippen LogP contribution in [0, 0.1) is 23.2 Å². The van der Waals surface area contributed by atoms with Crippen LogP contribution in [-0.4, -0.2) is 61.7 Å². The second kappa shape index (κ2) is 6.99. The molecule has 30 heavy (non-hydrogen) atoms. The molecule has 0 aliphatic heterocycles. The molecule has 0 aromatic carbocycles. The maximum absolute atomic E-state index is 12.8. The summed E-state index contributed by atoms with van der Waals surface area (Å²) >= 11 is 0. The molecule has 1 saturated carbocycles. The molecule has 0 unspecified atom stereocenters. The monoisotopic (exact) mass is 422 g/mol. The highest BCUT2D eigenvalue weighted by atomic mass is 16.6. The normalized spacial score (nSPS) is 41.9. The van der Waals surface area contributed by atoms with Crippen LogP contribution < -0.4 is 0 Å². The number of rotatable bonds is 5. The van der Waals surface area contributed by atoms with E-state index >= 15 is 0 Å². The standard InChI is InChI=1S/C23H34O7/c1-12-9-17-21(28,8-7-16(11-24)10-22(17,29)18(12)26)13(2)19(27)23(30-15(4)25)14(3)20(23,5)6/h7,9,13-14,17,19,24,27-29H,8,10-11H2,1-6H3/t13-,14-,17+,19-,21+,22-,23-/m1/s1. The number of ketones is 1. The number of carbonyl (C=O) groups excluding carboxylic acids is 2. The lowest BCUT2D eigenvalue weighted by molar-refractivity contribution is -0.187. The van der Waals surface area contributed by atoms with Gasteiger partial charge in [0.25, 0.3) is 0 Å². The molecule has 7 heteroatoms. The first-order valence-corrected chi connectivity index (χ1v) is 10.5. The average molecular weight is 423 g/mol. The van der Waals surface area contributed by atoms with Crippen LogP contribution in [0.1, 0.15) is 54.4 Å². The van der Waals surface area contributed by atoms with Crippen molar-refractivity contribution in [2.45, 2.75) is 77.3 Å². The van der Waals surface area contributed by atoms with Crippen molar-refractivity contribution in [3.05, 3.63) is 23.3 Å². The summed E-state index contributed by atoms with van der Waals surface area (Å²) in [5.74, 6) is -2.96. The first-order chi connectivity index (χ1) is 13.7. The van der Waals surface area contributed by atoms with Crippen LogP contribution in [-0.2, 0) is 14.3 Å². The molecule has 0 aromatic rings.